The van der Waals surface area contributed by atoms with Gasteiger partial charge in [0.2, 0.25) is 10.0 Å². The first-order valence-electron chi connectivity index (χ1n) is 5.59. The summed E-state index contributed by atoms with van der Waals surface area (Å²) in [5, 5.41) is 0. The molecular formula is C11H17NO3S. The van der Waals surface area contributed by atoms with E-state index in [1.165, 1.54) is 5.57 Å². The Hall–Kier alpha value is -0.650. The SMILES string of the molecule is O=S1(=O)CCC(OCC2=CC=CCC2)CN1. The Morgan fingerprint density at radius 3 is 3.00 bits per heavy atom. The van der Waals surface area contributed by atoms with E-state index >= 15 is 0 Å². The lowest BCUT2D eigenvalue weighted by atomic mass is 10.1. The van der Waals surface area contributed by atoms with E-state index in [1.807, 2.05) is 6.08 Å². The van der Waals surface area contributed by atoms with Gasteiger partial charge in [0.1, 0.15) is 0 Å². The Bertz CT molecular complexity index is 383. The van der Waals surface area contributed by atoms with Gasteiger partial charge in [0.25, 0.3) is 0 Å². The van der Waals surface area contributed by atoms with E-state index in [1.54, 1.807) is 0 Å². The summed E-state index contributed by atoms with van der Waals surface area (Å²) in [7, 11) is -3.01. The molecule has 4 nitrogen and oxygen atoms in total. The van der Waals surface area contributed by atoms with Crippen LogP contribution in [0.4, 0.5) is 0 Å². The molecule has 16 heavy (non-hydrogen) atoms. The van der Waals surface area contributed by atoms with E-state index in [4.69, 9.17) is 4.74 Å². The third-order valence-electron chi connectivity index (χ3n) is 2.84. The normalized spacial score (nSPS) is 28.8. The zero-order chi connectivity index (χ0) is 11.4. The predicted molar refractivity (Wildman–Crippen MR) is 62.6 cm³/mol. The van der Waals surface area contributed by atoms with Crippen molar-refractivity contribution < 1.29 is 13.2 Å². The lowest BCUT2D eigenvalue weighted by Crippen LogP contribution is -2.42. The van der Waals surface area contributed by atoms with Crippen LogP contribution in [0.15, 0.2) is 23.8 Å². The Morgan fingerprint density at radius 1 is 1.50 bits per heavy atom. The molecule has 0 radical (unpaired) electrons. The monoisotopic (exact) mass is 243 g/mol. The summed E-state index contributed by atoms with van der Waals surface area (Å²) >= 11 is 0. The minimum atomic E-state index is -3.01. The molecule has 1 N–H and O–H groups in total. The summed E-state index contributed by atoms with van der Waals surface area (Å²) in [6.07, 6.45) is 9.01. The first-order valence-corrected chi connectivity index (χ1v) is 7.24. The van der Waals surface area contributed by atoms with Crippen LogP contribution in [0.1, 0.15) is 19.3 Å². The molecular weight excluding hydrogens is 226 g/mol. The maximum Gasteiger partial charge on any atom is 0.211 e. The first-order chi connectivity index (χ1) is 7.66. The van der Waals surface area contributed by atoms with Crippen molar-refractivity contribution >= 4 is 10.0 Å². The molecule has 1 unspecified atom stereocenters. The van der Waals surface area contributed by atoms with Crippen molar-refractivity contribution in [3.8, 4) is 0 Å². The second-order valence-corrected chi connectivity index (χ2v) is 6.11. The molecule has 1 aliphatic heterocycles. The summed E-state index contributed by atoms with van der Waals surface area (Å²) in [6, 6.07) is 0. The highest BCUT2D eigenvalue weighted by Crippen LogP contribution is 2.14. The molecule has 1 fully saturated rings. The first kappa shape index (κ1) is 11.8. The van der Waals surface area contributed by atoms with E-state index in [0.29, 0.717) is 19.6 Å². The fraction of sp³-hybridized carbons (Fsp3) is 0.636. The zero-order valence-electron chi connectivity index (χ0n) is 9.19. The third-order valence-corrected chi connectivity index (χ3v) is 4.22. The standard InChI is InChI=1S/C11H17NO3S/c13-16(14)7-6-11(8-12-16)15-9-10-4-2-1-3-5-10/h1-2,4,11-12H,3,5-9H2. The van der Waals surface area contributed by atoms with Gasteiger partial charge in [-0.1, -0.05) is 18.2 Å². The summed E-state index contributed by atoms with van der Waals surface area (Å²) in [4.78, 5) is 0. The van der Waals surface area contributed by atoms with Crippen molar-refractivity contribution in [1.82, 2.24) is 4.72 Å². The number of ether oxygens (including phenoxy) is 1. The Morgan fingerprint density at radius 2 is 2.38 bits per heavy atom. The highest BCUT2D eigenvalue weighted by molar-refractivity contribution is 7.89. The topological polar surface area (TPSA) is 55.4 Å². The van der Waals surface area contributed by atoms with Gasteiger partial charge in [0.05, 0.1) is 18.5 Å². The number of rotatable bonds is 3. The largest absolute Gasteiger partial charge is 0.372 e. The van der Waals surface area contributed by atoms with Gasteiger partial charge in [-0.05, 0) is 24.8 Å². The molecule has 0 saturated carbocycles. The fourth-order valence-electron chi connectivity index (χ4n) is 1.82. The van der Waals surface area contributed by atoms with E-state index < -0.39 is 10.0 Å². The molecule has 2 aliphatic rings. The lowest BCUT2D eigenvalue weighted by molar-refractivity contribution is 0.0667. The van der Waals surface area contributed by atoms with Gasteiger partial charge in [-0.25, -0.2) is 13.1 Å². The van der Waals surface area contributed by atoms with Crippen LogP contribution in [0.3, 0.4) is 0 Å². The van der Waals surface area contributed by atoms with Crippen LogP contribution in [0, 0.1) is 0 Å². The van der Waals surface area contributed by atoms with Crippen LogP contribution in [-0.2, 0) is 14.8 Å². The minimum Gasteiger partial charge on any atom is -0.372 e. The number of allylic oxidation sites excluding steroid dienone is 3. The molecule has 0 aromatic heterocycles. The average molecular weight is 243 g/mol. The minimum absolute atomic E-state index is 0.0235. The molecule has 1 heterocycles. The Balaban J connectivity index is 1.75. The van der Waals surface area contributed by atoms with Crippen LogP contribution in [0.5, 0.6) is 0 Å². The maximum absolute atomic E-state index is 11.1. The van der Waals surface area contributed by atoms with Crippen LogP contribution in [0.25, 0.3) is 0 Å². The molecule has 2 rings (SSSR count). The second-order valence-electron chi connectivity index (χ2n) is 4.18. The summed E-state index contributed by atoms with van der Waals surface area (Å²) < 4.78 is 30.4. The van der Waals surface area contributed by atoms with Crippen molar-refractivity contribution in [3.05, 3.63) is 23.8 Å². The summed E-state index contributed by atoms with van der Waals surface area (Å²) in [5.74, 6) is 0.177. The number of hydrogen-bond acceptors (Lipinski definition) is 3. The molecule has 0 aromatic carbocycles. The number of sulfonamides is 1. The van der Waals surface area contributed by atoms with Crippen molar-refractivity contribution in [2.24, 2.45) is 0 Å². The average Bonchev–Trinajstić information content (AvgIpc) is 2.29. The Kier molecular flexibility index (Phi) is 3.78. The molecule has 90 valence electrons. The maximum atomic E-state index is 11.1. The molecule has 0 aromatic rings. The van der Waals surface area contributed by atoms with Gasteiger partial charge >= 0.3 is 0 Å². The molecule has 1 aliphatic carbocycles. The predicted octanol–water partition coefficient (Wildman–Crippen LogP) is 0.971. The highest BCUT2D eigenvalue weighted by atomic mass is 32.2. The Labute approximate surface area is 96.4 Å². The number of hydrogen-bond donors (Lipinski definition) is 1. The van der Waals surface area contributed by atoms with Crippen LogP contribution >= 0.6 is 0 Å². The van der Waals surface area contributed by atoms with Crippen molar-refractivity contribution in [2.45, 2.75) is 25.4 Å². The van der Waals surface area contributed by atoms with Crippen molar-refractivity contribution in [2.75, 3.05) is 18.9 Å². The van der Waals surface area contributed by atoms with Crippen LogP contribution < -0.4 is 4.72 Å². The summed E-state index contributed by atoms with van der Waals surface area (Å²) in [5.41, 5.74) is 1.29. The lowest BCUT2D eigenvalue weighted by Gasteiger charge is -2.23. The van der Waals surface area contributed by atoms with Gasteiger partial charge in [0, 0.05) is 6.54 Å². The zero-order valence-corrected chi connectivity index (χ0v) is 10.0. The van der Waals surface area contributed by atoms with Crippen LogP contribution in [-0.4, -0.2) is 33.4 Å². The van der Waals surface area contributed by atoms with Gasteiger partial charge in [-0.2, -0.15) is 0 Å². The fourth-order valence-corrected chi connectivity index (χ4v) is 2.98. The smallest absolute Gasteiger partial charge is 0.211 e. The molecule has 0 spiro atoms. The molecule has 1 saturated heterocycles. The van der Waals surface area contributed by atoms with Gasteiger partial charge < -0.3 is 4.74 Å². The molecule has 5 heteroatoms. The van der Waals surface area contributed by atoms with Gasteiger partial charge in [-0.3, -0.25) is 0 Å². The van der Waals surface area contributed by atoms with E-state index in [0.717, 1.165) is 12.8 Å². The van der Waals surface area contributed by atoms with Crippen LogP contribution in [0.2, 0.25) is 0 Å². The van der Waals surface area contributed by atoms with Gasteiger partial charge in [0.15, 0.2) is 0 Å². The summed E-state index contributed by atoms with van der Waals surface area (Å²) in [6.45, 7) is 1.03. The molecule has 0 bridgehead atoms. The molecule has 0 amide bonds. The second kappa shape index (κ2) is 5.12. The third kappa shape index (κ3) is 3.43. The van der Waals surface area contributed by atoms with E-state index in [9.17, 15) is 8.42 Å². The van der Waals surface area contributed by atoms with Gasteiger partial charge in [-0.15, -0.1) is 0 Å². The highest BCUT2D eigenvalue weighted by Gasteiger charge is 2.23. The molecule has 1 atom stereocenters. The quantitative estimate of drug-likeness (QED) is 0.803. The van der Waals surface area contributed by atoms with Crippen molar-refractivity contribution in [1.29, 1.82) is 0 Å². The van der Waals surface area contributed by atoms with E-state index in [2.05, 4.69) is 16.9 Å². The number of nitrogens with one attached hydrogen (secondary N) is 1. The van der Waals surface area contributed by atoms with Crippen molar-refractivity contribution in [3.63, 3.8) is 0 Å². The van der Waals surface area contributed by atoms with E-state index in [-0.39, 0.29) is 11.9 Å².